The van der Waals surface area contributed by atoms with E-state index in [-0.39, 0.29) is 5.89 Å². The molecule has 1 aromatic rings. The maximum absolute atomic E-state index is 10.8. The SMILES string of the molecule is CC.CCOC(=O)c1nc(C)no1. The van der Waals surface area contributed by atoms with Crippen molar-refractivity contribution in [3.8, 4) is 0 Å². The van der Waals surface area contributed by atoms with Gasteiger partial charge in [0.1, 0.15) is 0 Å². The van der Waals surface area contributed by atoms with Gasteiger partial charge in [-0.05, 0) is 13.8 Å². The number of nitrogens with zero attached hydrogens (tertiary/aromatic N) is 2. The summed E-state index contributed by atoms with van der Waals surface area (Å²) in [6.45, 7) is 7.65. The van der Waals surface area contributed by atoms with Crippen LogP contribution in [0.4, 0.5) is 0 Å². The van der Waals surface area contributed by atoms with Crippen molar-refractivity contribution in [1.82, 2.24) is 10.1 Å². The van der Waals surface area contributed by atoms with Gasteiger partial charge in [0.25, 0.3) is 0 Å². The third-order valence-electron chi connectivity index (χ3n) is 0.978. The molecule has 0 fully saturated rings. The van der Waals surface area contributed by atoms with Gasteiger partial charge < -0.3 is 9.26 Å². The van der Waals surface area contributed by atoms with Crippen LogP contribution in [0.2, 0.25) is 0 Å². The molecule has 1 rings (SSSR count). The highest BCUT2D eigenvalue weighted by atomic mass is 16.6. The van der Waals surface area contributed by atoms with E-state index in [1.807, 2.05) is 13.8 Å². The zero-order valence-electron chi connectivity index (χ0n) is 8.33. The molecule has 0 radical (unpaired) electrons. The molecule has 1 aromatic heterocycles. The van der Waals surface area contributed by atoms with E-state index in [0.29, 0.717) is 12.4 Å². The lowest BCUT2D eigenvalue weighted by atomic mass is 10.6. The molecule has 0 unspecified atom stereocenters. The Kier molecular flexibility index (Phi) is 5.50. The molecular weight excluding hydrogens is 172 g/mol. The van der Waals surface area contributed by atoms with Crippen molar-refractivity contribution in [3.63, 3.8) is 0 Å². The van der Waals surface area contributed by atoms with Crippen LogP contribution in [0.3, 0.4) is 0 Å². The fraction of sp³-hybridized carbons (Fsp3) is 0.625. The normalized spacial score (nSPS) is 8.62. The lowest BCUT2D eigenvalue weighted by Crippen LogP contribution is -2.04. The first-order valence-corrected chi connectivity index (χ1v) is 4.21. The van der Waals surface area contributed by atoms with Crippen molar-refractivity contribution in [1.29, 1.82) is 0 Å². The van der Waals surface area contributed by atoms with Crippen LogP contribution in [-0.2, 0) is 4.74 Å². The lowest BCUT2D eigenvalue weighted by Gasteiger charge is -1.92. The molecule has 0 aromatic carbocycles. The first-order valence-electron chi connectivity index (χ1n) is 4.21. The highest BCUT2D eigenvalue weighted by Gasteiger charge is 2.13. The van der Waals surface area contributed by atoms with Gasteiger partial charge in [-0.1, -0.05) is 19.0 Å². The van der Waals surface area contributed by atoms with Crippen molar-refractivity contribution in [3.05, 3.63) is 11.7 Å². The van der Waals surface area contributed by atoms with E-state index in [9.17, 15) is 4.79 Å². The second kappa shape index (κ2) is 6.16. The third kappa shape index (κ3) is 3.68. The molecule has 1 heterocycles. The molecule has 0 saturated carbocycles. The van der Waals surface area contributed by atoms with Crippen LogP contribution >= 0.6 is 0 Å². The quantitative estimate of drug-likeness (QED) is 0.656. The molecule has 0 aliphatic rings. The molecule has 0 atom stereocenters. The fourth-order valence-corrected chi connectivity index (χ4v) is 0.573. The molecule has 0 saturated heterocycles. The number of carbonyl (C=O) groups is 1. The summed E-state index contributed by atoms with van der Waals surface area (Å²) in [4.78, 5) is 14.5. The molecule has 5 nitrogen and oxygen atoms in total. The Hall–Kier alpha value is -1.39. The van der Waals surface area contributed by atoms with E-state index in [0.717, 1.165) is 0 Å². The van der Waals surface area contributed by atoms with Gasteiger partial charge in [-0.3, -0.25) is 0 Å². The Bertz CT molecular complexity index is 258. The van der Waals surface area contributed by atoms with Gasteiger partial charge in [-0.15, -0.1) is 0 Å². The third-order valence-corrected chi connectivity index (χ3v) is 0.978. The molecular formula is C8H14N2O3. The van der Waals surface area contributed by atoms with Gasteiger partial charge >= 0.3 is 11.9 Å². The summed E-state index contributed by atoms with van der Waals surface area (Å²) in [5, 5.41) is 3.43. The minimum atomic E-state index is -0.576. The predicted octanol–water partition coefficient (Wildman–Crippen LogP) is 1.58. The van der Waals surface area contributed by atoms with Crippen molar-refractivity contribution in [2.75, 3.05) is 6.61 Å². The van der Waals surface area contributed by atoms with Gasteiger partial charge in [0.2, 0.25) is 0 Å². The van der Waals surface area contributed by atoms with Gasteiger partial charge in [0.05, 0.1) is 6.61 Å². The van der Waals surface area contributed by atoms with Gasteiger partial charge in [0, 0.05) is 0 Å². The topological polar surface area (TPSA) is 65.2 Å². The van der Waals surface area contributed by atoms with Crippen LogP contribution in [0.25, 0.3) is 0 Å². The predicted molar refractivity (Wildman–Crippen MR) is 46.3 cm³/mol. The molecule has 0 bridgehead atoms. The van der Waals surface area contributed by atoms with E-state index in [1.165, 1.54) is 0 Å². The lowest BCUT2D eigenvalue weighted by molar-refractivity contribution is 0.0470. The number of aromatic nitrogens is 2. The smallest absolute Gasteiger partial charge is 0.397 e. The van der Waals surface area contributed by atoms with E-state index >= 15 is 0 Å². The van der Waals surface area contributed by atoms with Gasteiger partial charge in [0.15, 0.2) is 5.82 Å². The summed E-state index contributed by atoms with van der Waals surface area (Å²) >= 11 is 0. The second-order valence-corrected chi connectivity index (χ2v) is 1.87. The maximum Gasteiger partial charge on any atom is 0.397 e. The second-order valence-electron chi connectivity index (χ2n) is 1.87. The van der Waals surface area contributed by atoms with E-state index in [4.69, 9.17) is 0 Å². The summed E-state index contributed by atoms with van der Waals surface area (Å²) in [5.74, 6) is -0.245. The Balaban J connectivity index is 0.000000671. The van der Waals surface area contributed by atoms with Crippen LogP contribution in [0.15, 0.2) is 4.52 Å². The minimum Gasteiger partial charge on any atom is -0.459 e. The van der Waals surface area contributed by atoms with Crippen LogP contribution in [0.5, 0.6) is 0 Å². The summed E-state index contributed by atoms with van der Waals surface area (Å²) < 4.78 is 9.15. The highest BCUT2D eigenvalue weighted by molar-refractivity contribution is 5.83. The monoisotopic (exact) mass is 186 g/mol. The number of hydrogen-bond donors (Lipinski definition) is 0. The molecule has 0 aliphatic carbocycles. The molecule has 0 spiro atoms. The summed E-state index contributed by atoms with van der Waals surface area (Å²) in [6, 6.07) is 0. The molecule has 0 N–H and O–H groups in total. The Morgan fingerprint density at radius 1 is 1.54 bits per heavy atom. The zero-order valence-corrected chi connectivity index (χ0v) is 8.33. The van der Waals surface area contributed by atoms with Crippen LogP contribution in [0, 0.1) is 6.92 Å². The molecule has 5 heteroatoms. The molecule has 74 valence electrons. The summed E-state index contributed by atoms with van der Waals surface area (Å²) in [7, 11) is 0. The first kappa shape index (κ1) is 11.6. The molecule has 0 amide bonds. The van der Waals surface area contributed by atoms with Crippen molar-refractivity contribution in [2.24, 2.45) is 0 Å². The number of ether oxygens (including phenoxy) is 1. The van der Waals surface area contributed by atoms with Gasteiger partial charge in [-0.2, -0.15) is 4.98 Å². The van der Waals surface area contributed by atoms with Crippen LogP contribution < -0.4 is 0 Å². The Labute approximate surface area is 77.1 Å². The Morgan fingerprint density at radius 3 is 2.54 bits per heavy atom. The van der Waals surface area contributed by atoms with Gasteiger partial charge in [-0.25, -0.2) is 4.79 Å². The zero-order chi connectivity index (χ0) is 10.3. The minimum absolute atomic E-state index is 0.0932. The largest absolute Gasteiger partial charge is 0.459 e. The van der Waals surface area contributed by atoms with Crippen LogP contribution in [-0.4, -0.2) is 22.7 Å². The van der Waals surface area contributed by atoms with Crippen molar-refractivity contribution in [2.45, 2.75) is 27.7 Å². The van der Waals surface area contributed by atoms with E-state index < -0.39 is 5.97 Å². The number of esters is 1. The van der Waals surface area contributed by atoms with E-state index in [2.05, 4.69) is 19.4 Å². The fourth-order valence-electron chi connectivity index (χ4n) is 0.573. The standard InChI is InChI=1S/C6H8N2O3.C2H6/c1-3-10-6(9)5-7-4(2)8-11-5;1-2/h3H2,1-2H3;1-2H3. The van der Waals surface area contributed by atoms with Crippen LogP contribution in [0.1, 0.15) is 37.3 Å². The summed E-state index contributed by atoms with van der Waals surface area (Å²) in [6.07, 6.45) is 0. The Morgan fingerprint density at radius 2 is 2.15 bits per heavy atom. The number of carbonyl (C=O) groups excluding carboxylic acids is 1. The van der Waals surface area contributed by atoms with E-state index in [1.54, 1.807) is 13.8 Å². The average molecular weight is 186 g/mol. The summed E-state index contributed by atoms with van der Waals surface area (Å²) in [5.41, 5.74) is 0. The average Bonchev–Trinajstić information content (AvgIpc) is 2.56. The maximum atomic E-state index is 10.8. The number of aryl methyl sites for hydroxylation is 1. The molecule has 0 aliphatic heterocycles. The highest BCUT2D eigenvalue weighted by Crippen LogP contribution is 1.97. The number of rotatable bonds is 2. The first-order chi connectivity index (χ1) is 6.24. The number of hydrogen-bond acceptors (Lipinski definition) is 5. The van der Waals surface area contributed by atoms with Crippen molar-refractivity contribution >= 4 is 5.97 Å². The molecule has 13 heavy (non-hydrogen) atoms. The van der Waals surface area contributed by atoms with Crippen molar-refractivity contribution < 1.29 is 14.1 Å².